The predicted molar refractivity (Wildman–Crippen MR) is 63.7 cm³/mol. The van der Waals surface area contributed by atoms with E-state index in [1.165, 1.54) is 6.07 Å². The third-order valence-corrected chi connectivity index (χ3v) is 4.52. The summed E-state index contributed by atoms with van der Waals surface area (Å²) in [5, 5.41) is 13.5. The van der Waals surface area contributed by atoms with Gasteiger partial charge in [0, 0.05) is 6.04 Å². The van der Waals surface area contributed by atoms with Crippen LogP contribution in [0.5, 0.6) is 0 Å². The van der Waals surface area contributed by atoms with Gasteiger partial charge in [-0.2, -0.15) is 0 Å². The number of anilines is 1. The van der Waals surface area contributed by atoms with Crippen molar-refractivity contribution in [2.45, 2.75) is 12.5 Å². The molecule has 1 aromatic carbocycles. The predicted octanol–water partition coefficient (Wildman–Crippen LogP) is 1.33. The number of rotatable bonds is 3. The van der Waals surface area contributed by atoms with Gasteiger partial charge in [-0.05, 0) is 18.6 Å². The molecule has 8 heteroatoms. The summed E-state index contributed by atoms with van der Waals surface area (Å²) in [6.45, 7) is 0. The van der Waals surface area contributed by atoms with Gasteiger partial charge in [-0.15, -0.1) is 0 Å². The molecule has 1 fully saturated rings. The van der Waals surface area contributed by atoms with Gasteiger partial charge in [0.1, 0.15) is 11.5 Å². The van der Waals surface area contributed by atoms with Crippen LogP contribution >= 0.6 is 0 Å². The zero-order valence-corrected chi connectivity index (χ0v) is 10.1. The number of nitro benzene ring substituents is 1. The second-order valence-corrected chi connectivity index (χ2v) is 6.39. The van der Waals surface area contributed by atoms with Gasteiger partial charge < -0.3 is 5.32 Å². The Bertz CT molecular complexity index is 588. The van der Waals surface area contributed by atoms with Gasteiger partial charge in [0.25, 0.3) is 5.69 Å². The van der Waals surface area contributed by atoms with Crippen LogP contribution in [0.25, 0.3) is 0 Å². The standard InChI is InChI=1S/C10H11FN2O4S/c11-7-1-2-9(10(5-7)13(14)15)12-8-3-4-18(16,17)6-8/h1-2,5,8,12H,3-4,6H2. The van der Waals surface area contributed by atoms with Crippen LogP contribution in [0, 0.1) is 15.9 Å². The van der Waals surface area contributed by atoms with Gasteiger partial charge in [0.05, 0.1) is 22.5 Å². The molecule has 18 heavy (non-hydrogen) atoms. The molecule has 2 rings (SSSR count). The van der Waals surface area contributed by atoms with E-state index in [1.54, 1.807) is 0 Å². The highest BCUT2D eigenvalue weighted by atomic mass is 32.2. The number of nitro groups is 1. The molecule has 98 valence electrons. The van der Waals surface area contributed by atoms with Gasteiger partial charge in [0.15, 0.2) is 9.84 Å². The molecular weight excluding hydrogens is 263 g/mol. The fraction of sp³-hybridized carbons (Fsp3) is 0.400. The molecule has 0 bridgehead atoms. The van der Waals surface area contributed by atoms with Crippen LogP contribution in [0.4, 0.5) is 15.8 Å². The second-order valence-electron chi connectivity index (χ2n) is 4.16. The molecule has 1 aromatic rings. The Kier molecular flexibility index (Phi) is 3.20. The Morgan fingerprint density at radius 2 is 2.17 bits per heavy atom. The molecule has 1 atom stereocenters. The van der Waals surface area contributed by atoms with Crippen molar-refractivity contribution >= 4 is 21.2 Å². The van der Waals surface area contributed by atoms with E-state index < -0.39 is 20.6 Å². The normalized spacial score (nSPS) is 21.7. The summed E-state index contributed by atoms with van der Waals surface area (Å²) in [5.74, 6) is -0.687. The van der Waals surface area contributed by atoms with E-state index in [9.17, 15) is 22.9 Å². The van der Waals surface area contributed by atoms with E-state index in [0.29, 0.717) is 6.42 Å². The molecule has 0 amide bonds. The third-order valence-electron chi connectivity index (χ3n) is 2.75. The van der Waals surface area contributed by atoms with E-state index in [-0.39, 0.29) is 28.9 Å². The van der Waals surface area contributed by atoms with E-state index in [1.807, 2.05) is 0 Å². The molecule has 1 saturated heterocycles. The van der Waals surface area contributed by atoms with Crippen LogP contribution < -0.4 is 5.32 Å². The zero-order valence-electron chi connectivity index (χ0n) is 9.30. The zero-order chi connectivity index (χ0) is 13.3. The molecule has 1 unspecified atom stereocenters. The van der Waals surface area contributed by atoms with Crippen molar-refractivity contribution in [2.24, 2.45) is 0 Å². The number of nitrogens with zero attached hydrogens (tertiary/aromatic N) is 1. The monoisotopic (exact) mass is 274 g/mol. The van der Waals surface area contributed by atoms with Crippen molar-refractivity contribution < 1.29 is 17.7 Å². The number of hydrogen-bond acceptors (Lipinski definition) is 5. The molecule has 6 nitrogen and oxygen atoms in total. The summed E-state index contributed by atoms with van der Waals surface area (Å²) in [6.07, 6.45) is 0.400. The Balaban J connectivity index is 2.22. The fourth-order valence-corrected chi connectivity index (χ4v) is 3.58. The summed E-state index contributed by atoms with van der Waals surface area (Å²) in [4.78, 5) is 10.1. The SMILES string of the molecule is O=[N+]([O-])c1cc(F)ccc1NC1CCS(=O)(=O)C1. The first-order valence-corrected chi connectivity index (χ1v) is 7.10. The van der Waals surface area contributed by atoms with Crippen molar-refractivity contribution in [3.63, 3.8) is 0 Å². The quantitative estimate of drug-likeness (QED) is 0.663. The maximum Gasteiger partial charge on any atom is 0.295 e. The number of nitrogens with one attached hydrogen (secondary N) is 1. The van der Waals surface area contributed by atoms with Gasteiger partial charge in [-0.1, -0.05) is 0 Å². The molecule has 1 heterocycles. The Morgan fingerprint density at radius 1 is 1.44 bits per heavy atom. The first kappa shape index (κ1) is 12.7. The first-order chi connectivity index (χ1) is 8.37. The van der Waals surface area contributed by atoms with Crippen molar-refractivity contribution in [3.05, 3.63) is 34.1 Å². The van der Waals surface area contributed by atoms with Crippen molar-refractivity contribution in [1.29, 1.82) is 0 Å². The molecular formula is C10H11FN2O4S. The summed E-state index contributed by atoms with van der Waals surface area (Å²) < 4.78 is 35.5. The molecule has 1 aliphatic rings. The molecule has 1 aliphatic heterocycles. The van der Waals surface area contributed by atoms with Crippen LogP contribution in [-0.4, -0.2) is 30.9 Å². The largest absolute Gasteiger partial charge is 0.376 e. The Labute approximate surface area is 103 Å². The highest BCUT2D eigenvalue weighted by molar-refractivity contribution is 7.91. The van der Waals surface area contributed by atoms with Crippen LogP contribution in [0.2, 0.25) is 0 Å². The van der Waals surface area contributed by atoms with Crippen molar-refractivity contribution in [1.82, 2.24) is 0 Å². The van der Waals surface area contributed by atoms with E-state index >= 15 is 0 Å². The molecule has 0 spiro atoms. The van der Waals surface area contributed by atoms with Gasteiger partial charge in [0.2, 0.25) is 0 Å². The smallest absolute Gasteiger partial charge is 0.295 e. The molecule has 0 aromatic heterocycles. The van der Waals surface area contributed by atoms with Crippen LogP contribution in [-0.2, 0) is 9.84 Å². The highest BCUT2D eigenvalue weighted by Crippen LogP contribution is 2.27. The third kappa shape index (κ3) is 2.76. The fourth-order valence-electron chi connectivity index (χ4n) is 1.91. The number of benzene rings is 1. The van der Waals surface area contributed by atoms with Crippen LogP contribution in [0.3, 0.4) is 0 Å². The van der Waals surface area contributed by atoms with Gasteiger partial charge in [-0.3, -0.25) is 10.1 Å². The average Bonchev–Trinajstić information content (AvgIpc) is 2.60. The van der Waals surface area contributed by atoms with Crippen molar-refractivity contribution in [3.8, 4) is 0 Å². The average molecular weight is 274 g/mol. The van der Waals surface area contributed by atoms with Gasteiger partial charge >= 0.3 is 0 Å². The number of halogens is 1. The summed E-state index contributed by atoms with van der Waals surface area (Å²) in [6, 6.07) is 2.79. The minimum Gasteiger partial charge on any atom is -0.376 e. The van der Waals surface area contributed by atoms with Crippen LogP contribution in [0.15, 0.2) is 18.2 Å². The van der Waals surface area contributed by atoms with Gasteiger partial charge in [-0.25, -0.2) is 12.8 Å². The maximum absolute atomic E-state index is 12.9. The van der Waals surface area contributed by atoms with Crippen molar-refractivity contribution in [2.75, 3.05) is 16.8 Å². The summed E-state index contributed by atoms with van der Waals surface area (Å²) >= 11 is 0. The van der Waals surface area contributed by atoms with Crippen LogP contribution in [0.1, 0.15) is 6.42 Å². The minimum atomic E-state index is -3.06. The Morgan fingerprint density at radius 3 is 2.72 bits per heavy atom. The molecule has 1 N–H and O–H groups in total. The maximum atomic E-state index is 12.9. The topological polar surface area (TPSA) is 89.3 Å². The summed E-state index contributed by atoms with van der Waals surface area (Å²) in [7, 11) is -3.06. The van der Waals surface area contributed by atoms with E-state index in [2.05, 4.69) is 5.32 Å². The lowest BCUT2D eigenvalue weighted by Crippen LogP contribution is -2.21. The molecule has 0 saturated carbocycles. The molecule has 0 radical (unpaired) electrons. The second kappa shape index (κ2) is 4.52. The lowest BCUT2D eigenvalue weighted by molar-refractivity contribution is -0.384. The molecule has 0 aliphatic carbocycles. The van der Waals surface area contributed by atoms with E-state index in [0.717, 1.165) is 12.1 Å². The highest BCUT2D eigenvalue weighted by Gasteiger charge is 2.29. The number of hydrogen-bond donors (Lipinski definition) is 1. The first-order valence-electron chi connectivity index (χ1n) is 5.28. The lowest BCUT2D eigenvalue weighted by Gasteiger charge is -2.12. The Hall–Kier alpha value is -1.70. The lowest BCUT2D eigenvalue weighted by atomic mass is 10.2. The minimum absolute atomic E-state index is 0.0540. The number of sulfone groups is 1. The summed E-state index contributed by atoms with van der Waals surface area (Å²) in [5.41, 5.74) is -0.247. The van der Waals surface area contributed by atoms with E-state index in [4.69, 9.17) is 0 Å².